The Labute approximate surface area is 700 Å². The van der Waals surface area contributed by atoms with Gasteiger partial charge in [0.05, 0.1) is 151 Å². The molecule has 0 amide bonds. The minimum absolute atomic E-state index is 0.0102. The van der Waals surface area contributed by atoms with E-state index in [-0.39, 0.29) is 156 Å². The Hall–Kier alpha value is -20.1. The molecule has 26 aromatic rings. The Bertz CT molecular complexity index is 10600. The average molecular weight is 1780 g/mol. The van der Waals surface area contributed by atoms with Crippen molar-refractivity contribution in [2.24, 2.45) is 0 Å². The van der Waals surface area contributed by atoms with E-state index >= 15 is 0 Å². The maximum Gasteiger partial charge on any atom is 0.347 e. The Morgan fingerprint density at radius 3 is 0.523 bits per heavy atom. The second-order valence-electron chi connectivity index (χ2n) is 28.8. The number of hydrogen-bond acceptors (Lipinski definition) is 42. The highest BCUT2D eigenvalue weighted by Gasteiger charge is 2.27. The van der Waals surface area contributed by atoms with Crippen molar-refractivity contribution in [3.63, 3.8) is 0 Å². The summed E-state index contributed by atoms with van der Waals surface area (Å²) in [6.45, 7) is 0. The predicted molar refractivity (Wildman–Crippen MR) is 462 cm³/mol. The van der Waals surface area contributed by atoms with Crippen LogP contribution in [0.25, 0.3) is 205 Å². The zero-order chi connectivity index (χ0) is 93.0. The molecule has 0 bridgehead atoms. The number of rotatable bonds is 0. The van der Waals surface area contributed by atoms with Gasteiger partial charge in [-0.25, -0.2) is 134 Å². The second kappa shape index (κ2) is 28.7. The van der Waals surface area contributed by atoms with E-state index in [1.807, 2.05) is 0 Å². The lowest BCUT2D eigenvalue weighted by atomic mass is 9.99. The van der Waals surface area contributed by atoms with Gasteiger partial charge in [-0.05, 0) is 139 Å². The predicted octanol–water partition coefficient (Wildman–Crippen LogP) is 2.23. The molecular formula is C90H24O42. The third kappa shape index (κ3) is 12.0. The fourth-order valence-electron chi connectivity index (χ4n) is 16.1. The standard InChI is InChI=1S/5C14H4O6.2C10H2O6/c15-11-7-1-5-2-9-10(14(18)20-13(9)17)4-6(5)3-8(7)12(16)19-11;15-11-7-3-1-5-6(10(7)14(18)19-11)2-4-8-9(5)13(17)20-12(8)16;15-11-6-3-1-5-2-4-7-10(14(18)20-12(7)16)8(5)9(6)13(17)19-11;15-11-6-2-1-5-3-8-9(13(17)19-12(8)16)4-7(5)10(6)14(18)20-11;15-11-7-5-3-1-2-4-6(5)8-10(9(7)13(17)19-11)14(18)20-12(8)16;11-7-3-1-4-6(10(14)16-8(4)12)2-5(3)9(13)15-7;11-7-3-1-2-4-6(5(3)9(13)15-7)10(14)16-8(4)12/h5*1-4H;2*1-2H. The number of benzene rings is 12. The second-order valence-corrected chi connectivity index (χ2v) is 28.8. The first-order valence-electron chi connectivity index (χ1n) is 37.1. The van der Waals surface area contributed by atoms with Gasteiger partial charge in [0.2, 0.25) is 0 Å². The van der Waals surface area contributed by atoms with Crippen molar-refractivity contribution in [3.8, 4) is 0 Å². The van der Waals surface area contributed by atoms with E-state index in [0.29, 0.717) is 48.5 Å². The van der Waals surface area contributed by atoms with Gasteiger partial charge < -0.3 is 61.8 Å². The van der Waals surface area contributed by atoms with Crippen LogP contribution in [0.2, 0.25) is 0 Å². The lowest BCUT2D eigenvalue weighted by molar-refractivity contribution is 0.497. The molecule has 12 aromatic carbocycles. The van der Waals surface area contributed by atoms with E-state index in [0.717, 1.165) is 12.1 Å². The van der Waals surface area contributed by atoms with Gasteiger partial charge in [0.1, 0.15) is 0 Å². The molecule has 636 valence electrons. The van der Waals surface area contributed by atoms with Gasteiger partial charge in [0.15, 0.2) is 0 Å². The molecule has 0 aliphatic heterocycles. The molecule has 132 heavy (non-hydrogen) atoms. The van der Waals surface area contributed by atoms with Crippen LogP contribution in [0, 0.1) is 0 Å². The molecule has 0 N–H and O–H groups in total. The molecule has 42 nitrogen and oxygen atoms in total. The minimum Gasteiger partial charge on any atom is -0.386 e. The Kier molecular flexibility index (Phi) is 17.5. The van der Waals surface area contributed by atoms with Gasteiger partial charge in [-0.1, -0.05) is 54.6 Å². The van der Waals surface area contributed by atoms with Gasteiger partial charge in [0.25, 0.3) is 0 Å². The van der Waals surface area contributed by atoms with E-state index in [9.17, 15) is 134 Å². The monoisotopic (exact) mass is 1780 g/mol. The van der Waals surface area contributed by atoms with Gasteiger partial charge in [-0.15, -0.1) is 0 Å². The molecule has 0 radical (unpaired) electrons. The van der Waals surface area contributed by atoms with Crippen LogP contribution in [0.15, 0.2) is 342 Å². The topological polar surface area (TPSA) is 662 Å². The zero-order valence-electron chi connectivity index (χ0n) is 64.0. The summed E-state index contributed by atoms with van der Waals surface area (Å²) < 4.78 is 62.7. The summed E-state index contributed by atoms with van der Waals surface area (Å²) in [6, 6.07) is 35.0. The van der Waals surface area contributed by atoms with Crippen molar-refractivity contribution in [2.45, 2.75) is 0 Å². The lowest BCUT2D eigenvalue weighted by Crippen LogP contribution is -1.99. The van der Waals surface area contributed by atoms with Crippen LogP contribution in [-0.4, -0.2) is 0 Å². The third-order valence-electron chi connectivity index (χ3n) is 21.8. The fraction of sp³-hybridized carbons (Fsp3) is 0. The van der Waals surface area contributed by atoms with Crippen LogP contribution in [0.4, 0.5) is 0 Å². The van der Waals surface area contributed by atoms with E-state index < -0.39 is 158 Å². The summed E-state index contributed by atoms with van der Waals surface area (Å²) in [4.78, 5) is 322. The van der Waals surface area contributed by atoms with Crippen molar-refractivity contribution in [2.75, 3.05) is 0 Å². The molecule has 14 aromatic heterocycles. The van der Waals surface area contributed by atoms with Gasteiger partial charge in [-0.2, -0.15) is 0 Å². The minimum atomic E-state index is -0.932. The molecule has 0 saturated carbocycles. The van der Waals surface area contributed by atoms with Crippen molar-refractivity contribution >= 4 is 205 Å². The maximum atomic E-state index is 11.8. The molecule has 0 aliphatic rings. The first-order chi connectivity index (χ1) is 63.0. The molecular weight excluding hydrogens is 1750 g/mol. The summed E-state index contributed by atoms with van der Waals surface area (Å²) >= 11 is 0. The average Bonchev–Trinajstić information content (AvgIpc) is 1.56. The highest BCUT2D eigenvalue weighted by Crippen LogP contribution is 2.33. The molecule has 0 unspecified atom stereocenters. The summed E-state index contributed by atoms with van der Waals surface area (Å²) in [5.41, 5.74) is -22.2. The normalized spacial score (nSPS) is 11.7. The summed E-state index contributed by atoms with van der Waals surface area (Å²) in [6.07, 6.45) is 0. The lowest BCUT2D eigenvalue weighted by Gasteiger charge is -1.98. The number of hydrogen-bond donors (Lipinski definition) is 0. The van der Waals surface area contributed by atoms with E-state index in [1.54, 1.807) is 42.5 Å². The number of furan rings is 14. The van der Waals surface area contributed by atoms with E-state index in [4.69, 9.17) is 0 Å². The third-order valence-corrected chi connectivity index (χ3v) is 21.8. The molecule has 0 aliphatic carbocycles. The Morgan fingerprint density at radius 1 is 0.0985 bits per heavy atom. The van der Waals surface area contributed by atoms with E-state index in [1.165, 1.54) is 91.0 Å². The molecule has 0 saturated heterocycles. The quantitative estimate of drug-likeness (QED) is 0.210. The van der Waals surface area contributed by atoms with Crippen LogP contribution < -0.4 is 158 Å². The van der Waals surface area contributed by atoms with Crippen molar-refractivity contribution in [1.29, 1.82) is 0 Å². The highest BCUT2D eigenvalue weighted by molar-refractivity contribution is 6.25. The highest BCUT2D eigenvalue weighted by atomic mass is 16.5. The van der Waals surface area contributed by atoms with E-state index in [2.05, 4.69) is 61.8 Å². The summed E-state index contributed by atoms with van der Waals surface area (Å²) in [7, 11) is 0. The van der Waals surface area contributed by atoms with Gasteiger partial charge in [0, 0.05) is 5.39 Å². The Balaban J connectivity index is 0.0000000961. The first kappa shape index (κ1) is 80.3. The maximum absolute atomic E-state index is 11.8. The molecule has 0 spiro atoms. The van der Waals surface area contributed by atoms with Crippen molar-refractivity contribution < 1.29 is 61.8 Å². The SMILES string of the molecule is O=c1oc(=O)c2c1c1ccccc1c1c(=O)oc(=O)c12.O=c1oc(=O)c2c1ccc1c(=O)oc(=O)c12.O=c1oc(=O)c2c1ccc1c2ccc2c(=O)oc(=O)c21.O=c1oc(=O)c2c1ccc1ccc3c(=O)oc(=O)c3c12.O=c1oc(=O)c2cc3c(=O)oc(=O)c3cc12.O=c1oc(=O)c2cc3c(ccc4c(=O)oc(=O)c43)cc12.O=c1oc(=O)c2cc3cc4c(=O)oc(=O)c4cc3cc12. The van der Waals surface area contributed by atoms with Crippen LogP contribution >= 0.6 is 0 Å². The van der Waals surface area contributed by atoms with Crippen LogP contribution in [0.3, 0.4) is 0 Å². The molecule has 0 fully saturated rings. The zero-order valence-corrected chi connectivity index (χ0v) is 64.0. The first-order valence-corrected chi connectivity index (χ1v) is 37.1. The molecule has 26 rings (SSSR count). The van der Waals surface area contributed by atoms with Crippen LogP contribution in [-0.2, 0) is 0 Å². The molecule has 42 heteroatoms. The van der Waals surface area contributed by atoms with Gasteiger partial charge >= 0.3 is 158 Å². The smallest absolute Gasteiger partial charge is 0.347 e. The number of fused-ring (bicyclic) bond motifs is 28. The Morgan fingerprint density at radius 2 is 0.250 bits per heavy atom. The van der Waals surface area contributed by atoms with Crippen LogP contribution in [0.1, 0.15) is 0 Å². The summed E-state index contributed by atoms with van der Waals surface area (Å²) in [5, 5.41) is 5.44. The summed E-state index contributed by atoms with van der Waals surface area (Å²) in [5.74, 6) is 0. The van der Waals surface area contributed by atoms with Crippen molar-refractivity contribution in [3.05, 3.63) is 437 Å². The van der Waals surface area contributed by atoms with Crippen LogP contribution in [0.5, 0.6) is 0 Å². The molecule has 0 atom stereocenters. The van der Waals surface area contributed by atoms with Gasteiger partial charge in [-0.3, -0.25) is 0 Å². The fourth-order valence-corrected chi connectivity index (χ4v) is 16.1. The molecule has 14 heterocycles. The van der Waals surface area contributed by atoms with Crippen molar-refractivity contribution in [1.82, 2.24) is 0 Å². The largest absolute Gasteiger partial charge is 0.386 e.